The van der Waals surface area contributed by atoms with E-state index < -0.39 is 8.07 Å². The molecule has 9 nitrogen and oxygen atoms in total. The summed E-state index contributed by atoms with van der Waals surface area (Å²) < 4.78 is 0. The van der Waals surface area contributed by atoms with Crippen molar-refractivity contribution in [2.45, 2.75) is 33.2 Å². The molecule has 0 saturated carbocycles. The Balaban J connectivity index is 2.64. The standard InChI is InChI=1S/C45H73N9Si/c1-29-30(2)32(4)45(31(29)3)55(42-26-36(49(11)12)33(46(5)6)23-39(42)52(17)18,43-27-37(50(13)14)34(47(7)8)24-40(43)53(19)20)44-28-38(51(15)16)35(48(9)10)25-41(44)54(21)22/h23-28,45H,1-22H3. The lowest BCUT2D eigenvalue weighted by Crippen LogP contribution is -2.72. The fraction of sp³-hybridized carbons (Fsp3) is 0.511. The van der Waals surface area contributed by atoms with Crippen molar-refractivity contribution in [3.63, 3.8) is 0 Å². The molecule has 0 atom stereocenters. The van der Waals surface area contributed by atoms with E-state index in [0.717, 1.165) is 0 Å². The van der Waals surface area contributed by atoms with E-state index in [1.165, 1.54) is 89.0 Å². The molecule has 0 aliphatic heterocycles. The summed E-state index contributed by atoms with van der Waals surface area (Å²) in [7, 11) is 36.2. The Morgan fingerprint density at radius 1 is 0.291 bits per heavy atom. The summed E-state index contributed by atoms with van der Waals surface area (Å²) in [5.74, 6) is 0. The van der Waals surface area contributed by atoms with Crippen LogP contribution in [0.4, 0.5) is 51.2 Å². The van der Waals surface area contributed by atoms with Gasteiger partial charge in [-0.05, 0) is 90.8 Å². The molecule has 0 heterocycles. The Bertz CT molecular complexity index is 1760. The highest BCUT2D eigenvalue weighted by Crippen LogP contribution is 2.50. The Morgan fingerprint density at radius 2 is 0.473 bits per heavy atom. The van der Waals surface area contributed by atoms with Gasteiger partial charge in [-0.2, -0.15) is 0 Å². The predicted octanol–water partition coefficient (Wildman–Crippen LogP) is 5.81. The van der Waals surface area contributed by atoms with Crippen LogP contribution in [0.1, 0.15) is 27.7 Å². The van der Waals surface area contributed by atoms with Gasteiger partial charge in [0.15, 0.2) is 8.07 Å². The summed E-state index contributed by atoms with van der Waals surface area (Å²) in [5, 5.41) is 4.23. The predicted molar refractivity (Wildman–Crippen MR) is 253 cm³/mol. The maximum atomic E-state index is 2.57. The van der Waals surface area contributed by atoms with Crippen molar-refractivity contribution in [2.75, 3.05) is 171 Å². The molecule has 10 heteroatoms. The van der Waals surface area contributed by atoms with Crippen LogP contribution in [-0.4, -0.2) is 135 Å². The maximum absolute atomic E-state index is 3.30. The van der Waals surface area contributed by atoms with Crippen molar-refractivity contribution in [1.29, 1.82) is 0 Å². The third kappa shape index (κ3) is 7.34. The summed E-state index contributed by atoms with van der Waals surface area (Å²) in [6, 6.07) is 15.1. The van der Waals surface area contributed by atoms with Crippen molar-refractivity contribution in [3.8, 4) is 0 Å². The first-order valence-corrected chi connectivity index (χ1v) is 21.5. The average Bonchev–Trinajstić information content (AvgIpc) is 3.28. The fourth-order valence-electron chi connectivity index (χ4n) is 8.80. The van der Waals surface area contributed by atoms with Gasteiger partial charge in [0.25, 0.3) is 0 Å². The lowest BCUT2D eigenvalue weighted by Gasteiger charge is -2.47. The van der Waals surface area contributed by atoms with Crippen LogP contribution in [0.3, 0.4) is 0 Å². The zero-order chi connectivity index (χ0) is 41.8. The summed E-state index contributed by atoms with van der Waals surface area (Å²) in [4.78, 5) is 20.8. The molecule has 0 spiro atoms. The molecule has 0 amide bonds. The number of allylic oxidation sites excluding steroid dienone is 4. The molecule has 4 rings (SSSR count). The molecule has 3 aromatic carbocycles. The molecule has 3 aromatic rings. The smallest absolute Gasteiger partial charge is 0.167 e. The number of hydrogen-bond acceptors (Lipinski definition) is 9. The number of nitrogens with zero attached hydrogens (tertiary/aromatic N) is 9. The Kier molecular flexibility index (Phi) is 12.6. The number of hydrogen-bond donors (Lipinski definition) is 0. The summed E-state index contributed by atoms with van der Waals surface area (Å²) >= 11 is 0. The second-order valence-corrected chi connectivity index (χ2v) is 21.3. The van der Waals surface area contributed by atoms with Crippen molar-refractivity contribution < 1.29 is 0 Å². The highest BCUT2D eigenvalue weighted by molar-refractivity contribution is 7.15. The van der Waals surface area contributed by atoms with E-state index in [1.807, 2.05) is 0 Å². The fourth-order valence-corrected chi connectivity index (χ4v) is 15.5. The van der Waals surface area contributed by atoms with Crippen LogP contribution in [0.25, 0.3) is 0 Å². The van der Waals surface area contributed by atoms with Crippen LogP contribution in [-0.2, 0) is 0 Å². The van der Waals surface area contributed by atoms with Gasteiger partial charge < -0.3 is 44.1 Å². The zero-order valence-electron chi connectivity index (χ0n) is 38.6. The van der Waals surface area contributed by atoms with Gasteiger partial charge in [0.05, 0.1) is 34.1 Å². The van der Waals surface area contributed by atoms with Crippen LogP contribution < -0.4 is 59.7 Å². The lowest BCUT2D eigenvalue weighted by atomic mass is 10.1. The van der Waals surface area contributed by atoms with Crippen molar-refractivity contribution in [3.05, 3.63) is 58.7 Å². The summed E-state index contributed by atoms with van der Waals surface area (Å²) in [5.41, 5.74) is 16.9. The first-order chi connectivity index (χ1) is 25.4. The largest absolute Gasteiger partial charge is 0.378 e. The van der Waals surface area contributed by atoms with Crippen LogP contribution in [0.5, 0.6) is 0 Å². The molecule has 0 saturated heterocycles. The average molecular weight is 768 g/mol. The van der Waals surface area contributed by atoms with Crippen LogP contribution >= 0.6 is 0 Å². The molecule has 0 bridgehead atoms. The van der Waals surface area contributed by atoms with Gasteiger partial charge >= 0.3 is 0 Å². The third-order valence-electron chi connectivity index (χ3n) is 11.9. The zero-order valence-corrected chi connectivity index (χ0v) is 39.6. The quantitative estimate of drug-likeness (QED) is 0.158. The Labute approximate surface area is 336 Å². The van der Waals surface area contributed by atoms with Gasteiger partial charge in [0.1, 0.15) is 0 Å². The van der Waals surface area contributed by atoms with Gasteiger partial charge in [-0.1, -0.05) is 11.1 Å². The van der Waals surface area contributed by atoms with Crippen molar-refractivity contribution in [1.82, 2.24) is 0 Å². The van der Waals surface area contributed by atoms with E-state index in [9.17, 15) is 0 Å². The monoisotopic (exact) mass is 768 g/mol. The van der Waals surface area contributed by atoms with E-state index in [2.05, 4.69) is 235 Å². The van der Waals surface area contributed by atoms with Gasteiger partial charge in [-0.15, -0.1) is 0 Å². The minimum atomic E-state index is -3.30. The van der Waals surface area contributed by atoms with Gasteiger partial charge in [0.2, 0.25) is 0 Å². The molecule has 302 valence electrons. The van der Waals surface area contributed by atoms with E-state index in [1.54, 1.807) is 0 Å². The minimum absolute atomic E-state index is 0.143. The number of rotatable bonds is 13. The van der Waals surface area contributed by atoms with Gasteiger partial charge in [-0.25, -0.2) is 0 Å². The molecule has 55 heavy (non-hydrogen) atoms. The van der Waals surface area contributed by atoms with Crippen LogP contribution in [0.15, 0.2) is 58.7 Å². The highest BCUT2D eigenvalue weighted by Gasteiger charge is 2.55. The Hall–Kier alpha value is -4.44. The minimum Gasteiger partial charge on any atom is -0.378 e. The molecule has 0 unspecified atom stereocenters. The lowest BCUT2D eigenvalue weighted by molar-refractivity contribution is 1.05. The molecule has 1 aliphatic rings. The first kappa shape index (κ1) is 43.3. The normalized spacial score (nSPS) is 13.4. The van der Waals surface area contributed by atoms with Gasteiger partial charge in [-0.3, -0.25) is 0 Å². The molecular weight excluding hydrogens is 695 g/mol. The Morgan fingerprint density at radius 3 is 0.655 bits per heavy atom. The van der Waals surface area contributed by atoms with Crippen LogP contribution in [0.2, 0.25) is 5.54 Å². The molecule has 0 aromatic heterocycles. The first-order valence-electron chi connectivity index (χ1n) is 19.4. The highest BCUT2D eigenvalue weighted by atomic mass is 28.3. The van der Waals surface area contributed by atoms with E-state index in [4.69, 9.17) is 0 Å². The maximum Gasteiger partial charge on any atom is 0.167 e. The van der Waals surface area contributed by atoms with Crippen molar-refractivity contribution >= 4 is 74.8 Å². The second-order valence-electron chi connectivity index (χ2n) is 17.5. The van der Waals surface area contributed by atoms with E-state index in [-0.39, 0.29) is 5.54 Å². The number of benzene rings is 3. The van der Waals surface area contributed by atoms with E-state index >= 15 is 0 Å². The summed E-state index contributed by atoms with van der Waals surface area (Å²) in [6.45, 7) is 9.54. The molecule has 0 N–H and O–H groups in total. The second kappa shape index (κ2) is 16.0. The van der Waals surface area contributed by atoms with Gasteiger partial charge in [0, 0.05) is 149 Å². The molecular formula is C45H73N9Si. The molecule has 1 aliphatic carbocycles. The van der Waals surface area contributed by atoms with Crippen molar-refractivity contribution in [2.24, 2.45) is 0 Å². The summed E-state index contributed by atoms with van der Waals surface area (Å²) in [6.07, 6.45) is 0. The third-order valence-corrected chi connectivity index (χ3v) is 17.4. The number of anilines is 9. The SMILES string of the molecule is CC1=C(C)C([Si](c2cc(N(C)C)c(N(C)C)cc2N(C)C)(c2cc(N(C)C)c(N(C)C)cc2N(C)C)c2cc(N(C)C)c(N(C)C)cc2N(C)C)C(C)=C1C. The topological polar surface area (TPSA) is 29.2 Å². The molecule has 0 fully saturated rings. The van der Waals surface area contributed by atoms with E-state index in [0.29, 0.717) is 0 Å². The molecule has 0 radical (unpaired) electrons. The van der Waals surface area contributed by atoms with Crippen LogP contribution in [0, 0.1) is 0 Å².